The highest BCUT2D eigenvalue weighted by atomic mass is 16.3. The molecule has 24 heavy (non-hydrogen) atoms. The molecule has 0 aromatic heterocycles. The molecule has 0 aliphatic carbocycles. The summed E-state index contributed by atoms with van der Waals surface area (Å²) in [5.41, 5.74) is 2.94. The van der Waals surface area contributed by atoms with E-state index in [0.29, 0.717) is 19.3 Å². The van der Waals surface area contributed by atoms with Crippen LogP contribution in [-0.2, 0) is 4.79 Å². The van der Waals surface area contributed by atoms with E-state index in [1.807, 2.05) is 18.2 Å². The number of aliphatic hydroxyl groups excluding tert-OH is 1. The standard InChI is InChI=1S/C21H29NO2/c1-3-4-5-6-7-10-16-21(24)17-11-8-9-14-20(18-22)15-12-13-19(2)23/h5-8,10-11,14,17,20-21,24H,3-4,12-13,15-16H2,1-2H3/b6-5+,10-7-,17-11+. The topological polar surface area (TPSA) is 61.1 Å². The lowest BCUT2D eigenvalue weighted by Crippen LogP contribution is -1.98. The van der Waals surface area contributed by atoms with Crippen molar-refractivity contribution in [3.63, 3.8) is 0 Å². The zero-order valence-corrected chi connectivity index (χ0v) is 14.8. The van der Waals surface area contributed by atoms with Crippen LogP contribution in [0.4, 0.5) is 0 Å². The van der Waals surface area contributed by atoms with Gasteiger partial charge in [-0.15, -0.1) is 5.73 Å². The molecule has 0 aromatic rings. The molecule has 0 radical (unpaired) electrons. The van der Waals surface area contributed by atoms with E-state index in [0.717, 1.165) is 19.3 Å². The first kappa shape index (κ1) is 21.9. The van der Waals surface area contributed by atoms with Gasteiger partial charge in [-0.05, 0) is 44.8 Å². The predicted octanol–water partition coefficient (Wildman–Crippen LogP) is 4.82. The number of carbonyl (C=O) groups excluding carboxylic acids is 1. The highest BCUT2D eigenvalue weighted by molar-refractivity contribution is 5.75. The lowest BCUT2D eigenvalue weighted by Gasteiger charge is -2.00. The summed E-state index contributed by atoms with van der Waals surface area (Å²) in [7, 11) is 0. The fourth-order valence-corrected chi connectivity index (χ4v) is 1.88. The summed E-state index contributed by atoms with van der Waals surface area (Å²) >= 11 is 0. The van der Waals surface area contributed by atoms with Gasteiger partial charge < -0.3 is 9.90 Å². The van der Waals surface area contributed by atoms with Gasteiger partial charge in [0.15, 0.2) is 0 Å². The van der Waals surface area contributed by atoms with Crippen molar-refractivity contribution in [3.05, 3.63) is 54.3 Å². The molecule has 0 bridgehead atoms. The molecule has 0 spiro atoms. The number of unbranched alkanes of at least 4 members (excludes halogenated alkanes) is 1. The van der Waals surface area contributed by atoms with Gasteiger partial charge in [0.2, 0.25) is 0 Å². The second-order valence-corrected chi connectivity index (χ2v) is 5.66. The molecule has 2 unspecified atom stereocenters. The third-order valence-electron chi connectivity index (χ3n) is 3.25. The van der Waals surface area contributed by atoms with Gasteiger partial charge in [-0.3, -0.25) is 0 Å². The minimum atomic E-state index is -0.527. The van der Waals surface area contributed by atoms with Crippen molar-refractivity contribution in [1.29, 1.82) is 5.26 Å². The summed E-state index contributed by atoms with van der Waals surface area (Å²) in [6.07, 6.45) is 18.9. The Hall–Kier alpha value is -2.14. The average Bonchev–Trinajstić information content (AvgIpc) is 2.55. The van der Waals surface area contributed by atoms with Gasteiger partial charge in [-0.2, -0.15) is 5.26 Å². The van der Waals surface area contributed by atoms with Crippen LogP contribution >= 0.6 is 0 Å². The molecular weight excluding hydrogens is 298 g/mol. The van der Waals surface area contributed by atoms with E-state index in [-0.39, 0.29) is 11.7 Å². The number of ketones is 1. The number of hydrogen-bond acceptors (Lipinski definition) is 3. The molecule has 0 aliphatic rings. The van der Waals surface area contributed by atoms with E-state index in [2.05, 4.69) is 24.8 Å². The van der Waals surface area contributed by atoms with E-state index >= 15 is 0 Å². The Morgan fingerprint density at radius 3 is 2.67 bits per heavy atom. The Bertz CT molecular complexity index is 529. The van der Waals surface area contributed by atoms with Gasteiger partial charge in [0, 0.05) is 6.42 Å². The second kappa shape index (κ2) is 15.7. The lowest BCUT2D eigenvalue weighted by molar-refractivity contribution is -0.117. The SMILES string of the molecule is CCC/C=C/C=C\CC(O)/C=C/C=C=CC(C#N)CCCC(C)=O. The lowest BCUT2D eigenvalue weighted by atomic mass is 10.0. The summed E-state index contributed by atoms with van der Waals surface area (Å²) in [6.45, 7) is 3.69. The Labute approximate surface area is 146 Å². The normalized spacial score (nSPS) is 13.8. The van der Waals surface area contributed by atoms with E-state index in [1.165, 1.54) is 0 Å². The minimum absolute atomic E-state index is 0.151. The van der Waals surface area contributed by atoms with Crippen LogP contribution in [0.15, 0.2) is 54.3 Å². The van der Waals surface area contributed by atoms with Gasteiger partial charge in [0.25, 0.3) is 0 Å². The Balaban J connectivity index is 4.14. The highest BCUT2D eigenvalue weighted by Gasteiger charge is 2.02. The Morgan fingerprint density at radius 1 is 1.25 bits per heavy atom. The molecule has 2 atom stereocenters. The number of aliphatic hydroxyl groups is 1. The zero-order valence-electron chi connectivity index (χ0n) is 14.8. The molecule has 3 heteroatoms. The van der Waals surface area contributed by atoms with Crippen LogP contribution < -0.4 is 0 Å². The summed E-state index contributed by atoms with van der Waals surface area (Å²) in [6, 6.07) is 2.19. The first-order valence-electron chi connectivity index (χ1n) is 8.58. The molecule has 0 rings (SSSR count). The van der Waals surface area contributed by atoms with Gasteiger partial charge in [-0.25, -0.2) is 0 Å². The summed E-state index contributed by atoms with van der Waals surface area (Å²) in [4.78, 5) is 10.9. The minimum Gasteiger partial charge on any atom is -0.389 e. The number of rotatable bonds is 12. The monoisotopic (exact) mass is 327 g/mol. The Morgan fingerprint density at radius 2 is 2.00 bits per heavy atom. The van der Waals surface area contributed by atoms with E-state index in [4.69, 9.17) is 5.26 Å². The van der Waals surface area contributed by atoms with Crippen molar-refractivity contribution in [1.82, 2.24) is 0 Å². The first-order chi connectivity index (χ1) is 11.6. The smallest absolute Gasteiger partial charge is 0.129 e. The van der Waals surface area contributed by atoms with Crippen molar-refractivity contribution in [2.45, 2.75) is 58.5 Å². The fourth-order valence-electron chi connectivity index (χ4n) is 1.88. The predicted molar refractivity (Wildman–Crippen MR) is 99.2 cm³/mol. The molecule has 3 nitrogen and oxygen atoms in total. The van der Waals surface area contributed by atoms with Gasteiger partial charge in [-0.1, -0.05) is 49.8 Å². The Kier molecular flexibility index (Phi) is 14.3. The van der Waals surface area contributed by atoms with Crippen LogP contribution in [0.1, 0.15) is 52.4 Å². The van der Waals surface area contributed by atoms with Crippen LogP contribution in [0.2, 0.25) is 0 Å². The summed E-state index contributed by atoms with van der Waals surface area (Å²) in [5.74, 6) is -0.0743. The third-order valence-corrected chi connectivity index (χ3v) is 3.25. The van der Waals surface area contributed by atoms with Crippen molar-refractivity contribution in [2.75, 3.05) is 0 Å². The molecule has 0 heterocycles. The molecule has 0 aromatic carbocycles. The maximum absolute atomic E-state index is 10.9. The number of hydrogen-bond donors (Lipinski definition) is 1. The number of carbonyl (C=O) groups is 1. The quantitative estimate of drug-likeness (QED) is 0.413. The molecule has 1 N–H and O–H groups in total. The maximum atomic E-state index is 10.9. The van der Waals surface area contributed by atoms with Gasteiger partial charge in [0.05, 0.1) is 18.1 Å². The van der Waals surface area contributed by atoms with Crippen LogP contribution in [0.3, 0.4) is 0 Å². The zero-order chi connectivity index (χ0) is 18.0. The number of nitrogens with zero attached hydrogens (tertiary/aromatic N) is 1. The number of Topliss-reactive ketones (excluding diaryl/α,β-unsaturated/α-hetero) is 1. The summed E-state index contributed by atoms with van der Waals surface area (Å²) in [5, 5.41) is 18.8. The van der Waals surface area contributed by atoms with Gasteiger partial charge in [0.1, 0.15) is 5.78 Å². The van der Waals surface area contributed by atoms with Crippen molar-refractivity contribution < 1.29 is 9.90 Å². The molecule has 0 saturated carbocycles. The maximum Gasteiger partial charge on any atom is 0.129 e. The first-order valence-corrected chi connectivity index (χ1v) is 8.58. The largest absolute Gasteiger partial charge is 0.389 e. The van der Waals surface area contributed by atoms with E-state index in [9.17, 15) is 9.90 Å². The van der Waals surface area contributed by atoms with E-state index < -0.39 is 6.10 Å². The summed E-state index contributed by atoms with van der Waals surface area (Å²) < 4.78 is 0. The third kappa shape index (κ3) is 14.8. The molecule has 0 fully saturated rings. The molecule has 0 aliphatic heterocycles. The second-order valence-electron chi connectivity index (χ2n) is 5.66. The van der Waals surface area contributed by atoms with Crippen LogP contribution in [0.5, 0.6) is 0 Å². The molecule has 130 valence electrons. The van der Waals surface area contributed by atoms with Crippen LogP contribution in [0, 0.1) is 17.2 Å². The van der Waals surface area contributed by atoms with Crippen molar-refractivity contribution in [3.8, 4) is 6.07 Å². The molecular formula is C21H29NO2. The van der Waals surface area contributed by atoms with Crippen LogP contribution in [-0.4, -0.2) is 17.0 Å². The molecule has 0 amide bonds. The van der Waals surface area contributed by atoms with Crippen LogP contribution in [0.25, 0.3) is 0 Å². The number of allylic oxidation sites excluding steroid dienone is 5. The van der Waals surface area contributed by atoms with Gasteiger partial charge >= 0.3 is 0 Å². The van der Waals surface area contributed by atoms with E-state index in [1.54, 1.807) is 31.2 Å². The van der Waals surface area contributed by atoms with Crippen molar-refractivity contribution >= 4 is 5.78 Å². The highest BCUT2D eigenvalue weighted by Crippen LogP contribution is 2.09. The molecule has 0 saturated heterocycles. The van der Waals surface area contributed by atoms with Crippen molar-refractivity contribution in [2.24, 2.45) is 5.92 Å². The number of nitriles is 1. The average molecular weight is 327 g/mol. The fraction of sp³-hybridized carbons (Fsp3) is 0.476.